The maximum Gasteiger partial charge on any atom is 0.330 e. The number of methoxy groups -OCH3 is 1. The largest absolute Gasteiger partial charge is 0.468 e. The molecule has 142 valence electrons. The predicted molar refractivity (Wildman–Crippen MR) is 91.7 cm³/mol. The number of rotatable bonds is 10. The summed E-state index contributed by atoms with van der Waals surface area (Å²) in [6.07, 6.45) is 3.21. The molecule has 3 N–H and O–H groups in total. The minimum absolute atomic E-state index is 0.0826. The molecule has 0 spiro atoms. The van der Waals surface area contributed by atoms with E-state index in [2.05, 4.69) is 0 Å². The number of hydrogen-bond donors (Lipinski definition) is 2. The lowest BCUT2D eigenvalue weighted by Gasteiger charge is -2.37. The van der Waals surface area contributed by atoms with Crippen LogP contribution in [0, 0.1) is 17.8 Å². The summed E-state index contributed by atoms with van der Waals surface area (Å²) >= 11 is 0. The Morgan fingerprint density at radius 1 is 1.25 bits per heavy atom. The summed E-state index contributed by atoms with van der Waals surface area (Å²) in [5.41, 5.74) is 5.92. The van der Waals surface area contributed by atoms with Crippen molar-refractivity contribution < 1.29 is 28.3 Å². The number of esters is 1. The number of aliphatic hydroxyl groups excluding tert-OH is 1. The highest BCUT2D eigenvalue weighted by Crippen LogP contribution is 2.53. The maximum absolute atomic E-state index is 12.8. The molecular formula is C16H32NO6P. The van der Waals surface area contributed by atoms with Gasteiger partial charge in [0.2, 0.25) is 0 Å². The Morgan fingerprint density at radius 2 is 1.88 bits per heavy atom. The zero-order valence-corrected chi connectivity index (χ0v) is 15.9. The molecule has 4 atom stereocenters. The summed E-state index contributed by atoms with van der Waals surface area (Å²) in [7, 11) is -1.83. The molecule has 7 nitrogen and oxygen atoms in total. The smallest absolute Gasteiger partial charge is 0.330 e. The Labute approximate surface area is 144 Å². The summed E-state index contributed by atoms with van der Waals surface area (Å²) in [5, 5.41) is 9.46. The fourth-order valence-corrected chi connectivity index (χ4v) is 5.64. The van der Waals surface area contributed by atoms with Crippen molar-refractivity contribution in [1.82, 2.24) is 0 Å². The summed E-state index contributed by atoms with van der Waals surface area (Å²) in [5.74, 6) is -0.0842. The van der Waals surface area contributed by atoms with Gasteiger partial charge in [-0.3, -0.25) is 9.36 Å². The van der Waals surface area contributed by atoms with E-state index in [4.69, 9.17) is 19.5 Å². The second kappa shape index (κ2) is 10.5. The van der Waals surface area contributed by atoms with E-state index in [-0.39, 0.29) is 24.4 Å². The summed E-state index contributed by atoms with van der Waals surface area (Å²) in [4.78, 5) is 11.6. The zero-order chi connectivity index (χ0) is 18.2. The minimum atomic E-state index is -3.15. The van der Waals surface area contributed by atoms with Gasteiger partial charge in [-0.1, -0.05) is 0 Å². The molecule has 0 bridgehead atoms. The first kappa shape index (κ1) is 21.6. The first-order chi connectivity index (χ1) is 11.4. The van der Waals surface area contributed by atoms with Crippen LogP contribution in [-0.4, -0.2) is 50.2 Å². The SMILES string of the molecule is CCOP(=O)(CC1CCC(CO)CC1CC(N)C(=O)OC)OCC. The maximum atomic E-state index is 12.8. The number of carbonyl (C=O) groups excluding carboxylic acids is 1. The highest BCUT2D eigenvalue weighted by atomic mass is 31.2. The molecule has 0 aromatic rings. The Balaban J connectivity index is 2.83. The molecule has 1 fully saturated rings. The van der Waals surface area contributed by atoms with Crippen LogP contribution in [0.25, 0.3) is 0 Å². The number of ether oxygens (including phenoxy) is 1. The number of carbonyl (C=O) groups is 1. The van der Waals surface area contributed by atoms with E-state index in [0.717, 1.165) is 19.3 Å². The van der Waals surface area contributed by atoms with Crippen molar-refractivity contribution in [3.05, 3.63) is 0 Å². The molecule has 0 amide bonds. The van der Waals surface area contributed by atoms with E-state index in [0.29, 0.717) is 25.8 Å². The van der Waals surface area contributed by atoms with Crippen molar-refractivity contribution in [2.24, 2.45) is 23.5 Å². The third-order valence-corrected chi connectivity index (χ3v) is 6.90. The molecule has 0 aliphatic heterocycles. The minimum Gasteiger partial charge on any atom is -0.468 e. The molecule has 0 aromatic carbocycles. The molecule has 0 radical (unpaired) electrons. The Morgan fingerprint density at radius 3 is 2.38 bits per heavy atom. The van der Waals surface area contributed by atoms with Crippen LogP contribution < -0.4 is 5.73 Å². The van der Waals surface area contributed by atoms with Crippen molar-refractivity contribution in [3.63, 3.8) is 0 Å². The van der Waals surface area contributed by atoms with Crippen molar-refractivity contribution in [2.45, 2.75) is 45.6 Å². The van der Waals surface area contributed by atoms with E-state index in [9.17, 15) is 14.5 Å². The van der Waals surface area contributed by atoms with Crippen LogP contribution in [0.4, 0.5) is 0 Å². The lowest BCUT2D eigenvalue weighted by Crippen LogP contribution is -2.38. The van der Waals surface area contributed by atoms with Gasteiger partial charge in [0.05, 0.1) is 26.5 Å². The van der Waals surface area contributed by atoms with Gasteiger partial charge in [-0.2, -0.15) is 0 Å². The Hall–Kier alpha value is -0.460. The van der Waals surface area contributed by atoms with Crippen LogP contribution in [0.3, 0.4) is 0 Å². The Bertz CT molecular complexity index is 423. The van der Waals surface area contributed by atoms with Gasteiger partial charge in [0.15, 0.2) is 0 Å². The lowest BCUT2D eigenvalue weighted by molar-refractivity contribution is -0.142. The molecule has 1 rings (SSSR count). The molecule has 8 heteroatoms. The van der Waals surface area contributed by atoms with Crippen LogP contribution >= 0.6 is 7.60 Å². The van der Waals surface area contributed by atoms with Gasteiger partial charge in [0.1, 0.15) is 6.04 Å². The number of hydrogen-bond acceptors (Lipinski definition) is 7. The van der Waals surface area contributed by atoms with Gasteiger partial charge < -0.3 is 24.6 Å². The first-order valence-electron chi connectivity index (χ1n) is 8.71. The average Bonchev–Trinajstić information content (AvgIpc) is 2.55. The fourth-order valence-electron chi connectivity index (χ4n) is 3.52. The van der Waals surface area contributed by atoms with Crippen molar-refractivity contribution in [1.29, 1.82) is 0 Å². The van der Waals surface area contributed by atoms with Gasteiger partial charge in [0.25, 0.3) is 0 Å². The van der Waals surface area contributed by atoms with Crippen LogP contribution in [0.2, 0.25) is 0 Å². The molecule has 4 unspecified atom stereocenters. The topological polar surface area (TPSA) is 108 Å². The second-order valence-electron chi connectivity index (χ2n) is 6.38. The third kappa shape index (κ3) is 6.45. The third-order valence-electron chi connectivity index (χ3n) is 4.68. The van der Waals surface area contributed by atoms with E-state index in [1.54, 1.807) is 13.8 Å². The molecule has 0 saturated heterocycles. The normalized spacial score (nSPS) is 26.1. The van der Waals surface area contributed by atoms with Gasteiger partial charge in [-0.25, -0.2) is 0 Å². The molecule has 1 aliphatic rings. The lowest BCUT2D eigenvalue weighted by atomic mass is 9.72. The van der Waals surface area contributed by atoms with Crippen LogP contribution in [0.5, 0.6) is 0 Å². The number of aliphatic hydroxyl groups is 1. The quantitative estimate of drug-likeness (QED) is 0.451. The average molecular weight is 365 g/mol. The summed E-state index contributed by atoms with van der Waals surface area (Å²) < 4.78 is 28.4. The highest BCUT2D eigenvalue weighted by molar-refractivity contribution is 7.53. The zero-order valence-electron chi connectivity index (χ0n) is 15.0. The van der Waals surface area contributed by atoms with Gasteiger partial charge >= 0.3 is 13.6 Å². The van der Waals surface area contributed by atoms with E-state index < -0.39 is 19.6 Å². The van der Waals surface area contributed by atoms with Crippen molar-refractivity contribution >= 4 is 13.6 Å². The van der Waals surface area contributed by atoms with Crippen LogP contribution in [0.1, 0.15) is 39.5 Å². The van der Waals surface area contributed by atoms with Crippen molar-refractivity contribution in [2.75, 3.05) is 33.1 Å². The molecule has 1 saturated carbocycles. The van der Waals surface area contributed by atoms with Gasteiger partial charge in [-0.05, 0) is 57.3 Å². The van der Waals surface area contributed by atoms with E-state index in [1.807, 2.05) is 0 Å². The van der Waals surface area contributed by atoms with Crippen LogP contribution in [-0.2, 0) is 23.1 Å². The second-order valence-corrected chi connectivity index (χ2v) is 8.48. The van der Waals surface area contributed by atoms with Gasteiger partial charge in [0, 0.05) is 6.61 Å². The summed E-state index contributed by atoms with van der Waals surface area (Å²) in [6.45, 7) is 4.36. The molecular weight excluding hydrogens is 333 g/mol. The molecule has 0 heterocycles. The fraction of sp³-hybridized carbons (Fsp3) is 0.938. The standard InChI is InChI=1S/C16H32NO6P/c1-4-22-24(20,23-5-2)11-13-7-6-12(10-18)8-14(13)9-15(17)16(19)21-3/h12-15,18H,4-11,17H2,1-3H3. The van der Waals surface area contributed by atoms with Crippen LogP contribution in [0.15, 0.2) is 0 Å². The van der Waals surface area contributed by atoms with E-state index in [1.165, 1.54) is 7.11 Å². The van der Waals surface area contributed by atoms with Crippen molar-refractivity contribution in [3.8, 4) is 0 Å². The molecule has 24 heavy (non-hydrogen) atoms. The molecule has 1 aliphatic carbocycles. The Kier molecular flexibility index (Phi) is 9.45. The number of nitrogens with two attached hydrogens (primary N) is 1. The first-order valence-corrected chi connectivity index (χ1v) is 10.4. The highest BCUT2D eigenvalue weighted by Gasteiger charge is 2.38. The summed E-state index contributed by atoms with van der Waals surface area (Å²) in [6, 6.07) is -0.710. The predicted octanol–water partition coefficient (Wildman–Crippen LogP) is 2.17. The van der Waals surface area contributed by atoms with Gasteiger partial charge in [-0.15, -0.1) is 0 Å². The molecule has 0 aromatic heterocycles. The van der Waals surface area contributed by atoms with E-state index >= 15 is 0 Å². The monoisotopic (exact) mass is 365 g/mol.